The lowest BCUT2D eigenvalue weighted by molar-refractivity contribution is 0.0602. The van der Waals surface area contributed by atoms with E-state index in [1.165, 1.54) is 6.26 Å². The van der Waals surface area contributed by atoms with Gasteiger partial charge in [0.1, 0.15) is 0 Å². The van der Waals surface area contributed by atoms with Crippen LogP contribution >= 0.6 is 0 Å². The molecular weight excluding hydrogens is 406 g/mol. The summed E-state index contributed by atoms with van der Waals surface area (Å²) in [4.78, 5) is 16.6. The van der Waals surface area contributed by atoms with Crippen LogP contribution in [0.2, 0.25) is 0 Å². The quantitative estimate of drug-likeness (QED) is 0.589. The molecule has 0 bridgehead atoms. The summed E-state index contributed by atoms with van der Waals surface area (Å²) in [6.07, 6.45) is 3.17. The Bertz CT molecular complexity index is 927. The van der Waals surface area contributed by atoms with Crippen molar-refractivity contribution < 1.29 is 18.7 Å². The number of carbonyl (C=O) groups excluding carboxylic acids is 1. The molecule has 172 valence electrons. The minimum Gasteiger partial charge on any atom is -0.493 e. The average molecular weight is 440 g/mol. The minimum atomic E-state index is -0.601. The third-order valence-electron chi connectivity index (χ3n) is 6.52. The van der Waals surface area contributed by atoms with Crippen molar-refractivity contribution >= 4 is 5.91 Å². The van der Waals surface area contributed by atoms with Crippen LogP contribution in [0.1, 0.15) is 42.8 Å². The summed E-state index contributed by atoms with van der Waals surface area (Å²) < 4.78 is 16.1. The highest BCUT2D eigenvalue weighted by Crippen LogP contribution is 2.40. The third-order valence-corrected chi connectivity index (χ3v) is 6.52. The van der Waals surface area contributed by atoms with Gasteiger partial charge in [-0.25, -0.2) is 0 Å². The molecule has 1 atom stereocenters. The molecule has 7 heteroatoms. The highest BCUT2D eigenvalue weighted by molar-refractivity contribution is 5.91. The van der Waals surface area contributed by atoms with Crippen LogP contribution in [0.4, 0.5) is 0 Å². The number of rotatable bonds is 9. The fourth-order valence-electron chi connectivity index (χ4n) is 4.44. The zero-order valence-electron chi connectivity index (χ0n) is 19.5. The van der Waals surface area contributed by atoms with Crippen LogP contribution in [0, 0.1) is 17.2 Å². The van der Waals surface area contributed by atoms with E-state index in [4.69, 9.17) is 13.9 Å². The Morgan fingerprint density at radius 3 is 2.44 bits per heavy atom. The molecule has 1 amide bonds. The number of nitriles is 1. The normalized spacial score (nSPS) is 16.4. The van der Waals surface area contributed by atoms with E-state index in [0.29, 0.717) is 30.3 Å². The van der Waals surface area contributed by atoms with E-state index in [1.54, 1.807) is 26.4 Å². The third kappa shape index (κ3) is 4.91. The first-order valence-corrected chi connectivity index (χ1v) is 11.1. The molecule has 2 aromatic rings. The largest absolute Gasteiger partial charge is 0.493 e. The van der Waals surface area contributed by atoms with Crippen molar-refractivity contribution in [3.8, 4) is 17.6 Å². The fourth-order valence-corrected chi connectivity index (χ4v) is 4.44. The Balaban J connectivity index is 1.60. The van der Waals surface area contributed by atoms with Crippen molar-refractivity contribution in [2.75, 3.05) is 46.9 Å². The maximum Gasteiger partial charge on any atom is 0.289 e. The van der Waals surface area contributed by atoms with Gasteiger partial charge in [-0.05, 0) is 55.1 Å². The number of amides is 1. The van der Waals surface area contributed by atoms with Crippen LogP contribution in [0.5, 0.6) is 11.5 Å². The van der Waals surface area contributed by atoms with E-state index in [1.807, 2.05) is 23.1 Å². The van der Waals surface area contributed by atoms with Crippen LogP contribution in [0.3, 0.4) is 0 Å². The Kier molecular flexibility index (Phi) is 7.81. The van der Waals surface area contributed by atoms with Crippen LogP contribution in [-0.4, -0.2) is 62.7 Å². The fraction of sp³-hybridized carbons (Fsp3) is 0.520. The molecule has 1 aliphatic heterocycles. The highest BCUT2D eigenvalue weighted by atomic mass is 16.5. The zero-order valence-corrected chi connectivity index (χ0v) is 19.5. The standard InChI is InChI=1S/C25H33N3O4/c1-19(2)25(18-26,20-8-9-21(30-3)23(17-20)31-4)10-6-11-27-12-14-28(15-13-27)24(29)22-7-5-16-32-22/h5,7-9,16-17,19H,6,10-15H2,1-4H3/t25-/m1/s1. The number of methoxy groups -OCH3 is 2. The molecule has 1 aliphatic rings. The number of hydrogen-bond donors (Lipinski definition) is 0. The monoisotopic (exact) mass is 439 g/mol. The molecule has 32 heavy (non-hydrogen) atoms. The second-order valence-electron chi connectivity index (χ2n) is 8.52. The van der Waals surface area contributed by atoms with Gasteiger partial charge in [0.2, 0.25) is 0 Å². The summed E-state index contributed by atoms with van der Waals surface area (Å²) in [5, 5.41) is 10.2. The number of piperazine rings is 1. The van der Waals surface area contributed by atoms with Crippen molar-refractivity contribution in [2.24, 2.45) is 5.92 Å². The molecule has 3 rings (SSSR count). The summed E-state index contributed by atoms with van der Waals surface area (Å²) in [5.74, 6) is 1.79. The van der Waals surface area contributed by atoms with Crippen LogP contribution in [-0.2, 0) is 5.41 Å². The predicted octanol–water partition coefficient (Wildman–Crippen LogP) is 3.95. The number of ether oxygens (including phenoxy) is 2. The number of hydrogen-bond acceptors (Lipinski definition) is 6. The van der Waals surface area contributed by atoms with E-state index in [-0.39, 0.29) is 11.8 Å². The number of carbonyl (C=O) groups is 1. The Morgan fingerprint density at radius 1 is 1.16 bits per heavy atom. The SMILES string of the molecule is COc1ccc([C@@](C#N)(CCCN2CCN(C(=O)c3ccco3)CC2)C(C)C)cc1OC. The lowest BCUT2D eigenvalue weighted by Gasteiger charge is -2.36. The average Bonchev–Trinajstić information content (AvgIpc) is 3.36. The predicted molar refractivity (Wildman–Crippen MR) is 122 cm³/mol. The van der Waals surface area contributed by atoms with Gasteiger partial charge < -0.3 is 18.8 Å². The topological polar surface area (TPSA) is 78.9 Å². The lowest BCUT2D eigenvalue weighted by Crippen LogP contribution is -2.49. The van der Waals surface area contributed by atoms with Crippen LogP contribution in [0.15, 0.2) is 41.0 Å². The summed E-state index contributed by atoms with van der Waals surface area (Å²) in [7, 11) is 3.22. The molecule has 1 aromatic heterocycles. The van der Waals surface area contributed by atoms with E-state index < -0.39 is 5.41 Å². The van der Waals surface area contributed by atoms with E-state index >= 15 is 0 Å². The maximum absolute atomic E-state index is 12.4. The molecule has 1 fully saturated rings. The van der Waals surface area contributed by atoms with Gasteiger partial charge in [-0.1, -0.05) is 19.9 Å². The van der Waals surface area contributed by atoms with Gasteiger partial charge in [-0.3, -0.25) is 9.69 Å². The smallest absolute Gasteiger partial charge is 0.289 e. The summed E-state index contributed by atoms with van der Waals surface area (Å²) in [6, 6.07) is 11.8. The summed E-state index contributed by atoms with van der Waals surface area (Å²) in [5.41, 5.74) is 0.359. The Labute approximate surface area is 190 Å². The Morgan fingerprint density at radius 2 is 1.88 bits per heavy atom. The second kappa shape index (κ2) is 10.6. The van der Waals surface area contributed by atoms with Gasteiger partial charge >= 0.3 is 0 Å². The molecule has 0 radical (unpaired) electrons. The van der Waals surface area contributed by atoms with Gasteiger partial charge in [-0.2, -0.15) is 5.26 Å². The number of benzene rings is 1. The first-order chi connectivity index (χ1) is 15.4. The lowest BCUT2D eigenvalue weighted by atomic mass is 9.69. The summed E-state index contributed by atoms with van der Waals surface area (Å²) in [6.45, 7) is 8.10. The van der Waals surface area contributed by atoms with Crippen molar-refractivity contribution in [1.82, 2.24) is 9.80 Å². The molecule has 1 aromatic carbocycles. The van der Waals surface area contributed by atoms with Gasteiger partial charge in [-0.15, -0.1) is 0 Å². The second-order valence-corrected chi connectivity index (χ2v) is 8.52. The molecule has 0 saturated carbocycles. The van der Waals surface area contributed by atoms with Crippen molar-refractivity contribution in [3.05, 3.63) is 47.9 Å². The molecule has 0 unspecified atom stereocenters. The number of furan rings is 1. The van der Waals surface area contributed by atoms with Crippen molar-refractivity contribution in [1.29, 1.82) is 5.26 Å². The maximum atomic E-state index is 12.4. The molecule has 0 aliphatic carbocycles. The van der Waals surface area contributed by atoms with Crippen LogP contribution < -0.4 is 9.47 Å². The zero-order chi connectivity index (χ0) is 23.1. The van der Waals surface area contributed by atoms with E-state index in [9.17, 15) is 10.1 Å². The molecule has 1 saturated heterocycles. The molecular formula is C25H33N3O4. The highest BCUT2D eigenvalue weighted by Gasteiger charge is 2.36. The van der Waals surface area contributed by atoms with Crippen molar-refractivity contribution in [2.45, 2.75) is 32.1 Å². The Hall–Kier alpha value is -2.98. The minimum absolute atomic E-state index is 0.0496. The van der Waals surface area contributed by atoms with Gasteiger partial charge in [0, 0.05) is 26.2 Å². The van der Waals surface area contributed by atoms with E-state index in [2.05, 4.69) is 24.8 Å². The van der Waals surface area contributed by atoms with E-state index in [0.717, 1.165) is 38.0 Å². The van der Waals surface area contributed by atoms with Crippen molar-refractivity contribution in [3.63, 3.8) is 0 Å². The number of nitrogens with zero attached hydrogens (tertiary/aromatic N) is 3. The summed E-state index contributed by atoms with van der Waals surface area (Å²) >= 11 is 0. The van der Waals surface area contributed by atoms with Gasteiger partial charge in [0.05, 0.1) is 32.0 Å². The molecule has 0 N–H and O–H groups in total. The molecule has 2 heterocycles. The molecule has 7 nitrogen and oxygen atoms in total. The van der Waals surface area contributed by atoms with Crippen LogP contribution in [0.25, 0.3) is 0 Å². The molecule has 0 spiro atoms. The van der Waals surface area contributed by atoms with Gasteiger partial charge in [0.15, 0.2) is 17.3 Å². The van der Waals surface area contributed by atoms with Gasteiger partial charge in [0.25, 0.3) is 5.91 Å². The first kappa shape index (κ1) is 23.7. The first-order valence-electron chi connectivity index (χ1n) is 11.1.